The van der Waals surface area contributed by atoms with Crippen molar-refractivity contribution in [3.8, 4) is 20.9 Å². The van der Waals surface area contributed by atoms with Crippen LogP contribution >= 0.6 is 22.7 Å². The van der Waals surface area contributed by atoms with Crippen molar-refractivity contribution in [1.29, 1.82) is 0 Å². The molecule has 0 bridgehead atoms. The molecule has 2 aromatic heterocycles. The summed E-state index contributed by atoms with van der Waals surface area (Å²) in [7, 11) is 0. The number of thiophene rings is 2. The maximum Gasteiger partial charge on any atom is 0.0348 e. The predicted octanol–water partition coefficient (Wildman–Crippen LogP) is 5.76. The second kappa shape index (κ2) is 4.71. The Kier molecular flexibility index (Phi) is 3.06. The summed E-state index contributed by atoms with van der Waals surface area (Å²) < 4.78 is 0. The molecule has 90 valence electrons. The Morgan fingerprint density at radius 1 is 0.833 bits per heavy atom. The monoisotopic (exact) mass is 270 g/mol. The first-order valence-corrected chi connectivity index (χ1v) is 7.65. The summed E-state index contributed by atoms with van der Waals surface area (Å²) in [6, 6.07) is 15.4. The van der Waals surface area contributed by atoms with Gasteiger partial charge in [0.1, 0.15) is 0 Å². The zero-order chi connectivity index (χ0) is 12.5. The number of hydrogen-bond donors (Lipinski definition) is 0. The van der Waals surface area contributed by atoms with E-state index in [0.29, 0.717) is 0 Å². The Morgan fingerprint density at radius 2 is 1.50 bits per heavy atom. The second-order valence-electron chi connectivity index (χ2n) is 4.40. The van der Waals surface area contributed by atoms with E-state index in [1.807, 2.05) is 11.3 Å². The van der Waals surface area contributed by atoms with Crippen molar-refractivity contribution < 1.29 is 0 Å². The molecule has 0 N–H and O–H groups in total. The summed E-state index contributed by atoms with van der Waals surface area (Å²) in [5.74, 6) is 0. The van der Waals surface area contributed by atoms with E-state index in [9.17, 15) is 0 Å². The SMILES string of the molecule is Cc1cc(-c2ccc(-c3cccs3)cc2)sc1C. The van der Waals surface area contributed by atoms with Crippen LogP contribution in [0.1, 0.15) is 10.4 Å². The number of hydrogen-bond acceptors (Lipinski definition) is 2. The van der Waals surface area contributed by atoms with E-state index >= 15 is 0 Å². The molecule has 0 aliphatic heterocycles. The van der Waals surface area contributed by atoms with Gasteiger partial charge >= 0.3 is 0 Å². The highest BCUT2D eigenvalue weighted by Gasteiger charge is 2.05. The molecule has 2 heteroatoms. The molecule has 18 heavy (non-hydrogen) atoms. The van der Waals surface area contributed by atoms with Crippen LogP contribution in [0.15, 0.2) is 47.8 Å². The van der Waals surface area contributed by atoms with Crippen molar-refractivity contribution in [2.75, 3.05) is 0 Å². The predicted molar refractivity (Wildman–Crippen MR) is 82.5 cm³/mol. The quantitative estimate of drug-likeness (QED) is 0.555. The first-order valence-electron chi connectivity index (χ1n) is 5.95. The molecule has 0 aliphatic carbocycles. The average Bonchev–Trinajstić information content (AvgIpc) is 3.01. The second-order valence-corrected chi connectivity index (χ2v) is 6.61. The summed E-state index contributed by atoms with van der Waals surface area (Å²) in [5.41, 5.74) is 4.01. The van der Waals surface area contributed by atoms with Crippen molar-refractivity contribution in [3.63, 3.8) is 0 Å². The van der Waals surface area contributed by atoms with Gasteiger partial charge in [-0.05, 0) is 48.1 Å². The van der Waals surface area contributed by atoms with Gasteiger partial charge in [-0.3, -0.25) is 0 Å². The largest absolute Gasteiger partial charge is 0.144 e. The van der Waals surface area contributed by atoms with E-state index in [0.717, 1.165) is 0 Å². The molecular formula is C16H14S2. The molecule has 3 rings (SSSR count). The molecule has 0 unspecified atom stereocenters. The van der Waals surface area contributed by atoms with Crippen LogP contribution in [0.2, 0.25) is 0 Å². The first kappa shape index (κ1) is 11.7. The van der Waals surface area contributed by atoms with Crippen LogP contribution in [0.5, 0.6) is 0 Å². The van der Waals surface area contributed by atoms with Crippen LogP contribution in [0.25, 0.3) is 20.9 Å². The van der Waals surface area contributed by atoms with Gasteiger partial charge in [0.05, 0.1) is 0 Å². The lowest BCUT2D eigenvalue weighted by atomic mass is 10.1. The van der Waals surface area contributed by atoms with E-state index in [4.69, 9.17) is 0 Å². The molecule has 1 aromatic carbocycles. The number of aryl methyl sites for hydroxylation is 2. The van der Waals surface area contributed by atoms with Crippen LogP contribution in [0.4, 0.5) is 0 Å². The maximum atomic E-state index is 2.28. The lowest BCUT2D eigenvalue weighted by Crippen LogP contribution is -1.74. The summed E-state index contributed by atoms with van der Waals surface area (Å²) in [5, 5.41) is 2.12. The van der Waals surface area contributed by atoms with E-state index < -0.39 is 0 Å². The fourth-order valence-electron chi connectivity index (χ4n) is 1.96. The standard InChI is InChI=1S/C16H14S2/c1-11-10-16(18-12(11)2)14-7-5-13(6-8-14)15-4-3-9-17-15/h3-10H,1-2H3. The highest BCUT2D eigenvalue weighted by atomic mass is 32.1. The molecule has 0 fully saturated rings. The molecule has 0 aliphatic rings. The van der Waals surface area contributed by atoms with E-state index in [1.165, 1.54) is 31.3 Å². The van der Waals surface area contributed by atoms with Crippen molar-refractivity contribution in [2.24, 2.45) is 0 Å². The Bertz CT molecular complexity index is 623. The van der Waals surface area contributed by atoms with Gasteiger partial charge in [-0.2, -0.15) is 0 Å². The summed E-state index contributed by atoms with van der Waals surface area (Å²) in [6.07, 6.45) is 0. The van der Waals surface area contributed by atoms with Crippen LogP contribution in [-0.2, 0) is 0 Å². The molecule has 0 spiro atoms. The fourth-order valence-corrected chi connectivity index (χ4v) is 3.73. The Morgan fingerprint density at radius 3 is 2.00 bits per heavy atom. The van der Waals surface area contributed by atoms with Crippen molar-refractivity contribution in [3.05, 3.63) is 58.3 Å². The summed E-state index contributed by atoms with van der Waals surface area (Å²) >= 11 is 3.66. The third-order valence-electron chi connectivity index (χ3n) is 3.14. The van der Waals surface area contributed by atoms with Gasteiger partial charge in [0, 0.05) is 14.6 Å². The lowest BCUT2D eigenvalue weighted by molar-refractivity contribution is 1.44. The molecule has 0 atom stereocenters. The molecule has 2 heterocycles. The third kappa shape index (κ3) is 2.14. The molecule has 0 saturated heterocycles. The molecule has 0 nitrogen and oxygen atoms in total. The number of benzene rings is 1. The van der Waals surface area contributed by atoms with Crippen LogP contribution < -0.4 is 0 Å². The summed E-state index contributed by atoms with van der Waals surface area (Å²) in [4.78, 5) is 4.11. The van der Waals surface area contributed by atoms with E-state index in [-0.39, 0.29) is 0 Å². The Hall–Kier alpha value is -1.38. The molecular weight excluding hydrogens is 256 g/mol. The van der Waals surface area contributed by atoms with Gasteiger partial charge in [-0.25, -0.2) is 0 Å². The molecule has 0 saturated carbocycles. The van der Waals surface area contributed by atoms with Gasteiger partial charge in [0.15, 0.2) is 0 Å². The molecule has 0 radical (unpaired) electrons. The molecule has 3 aromatic rings. The smallest absolute Gasteiger partial charge is 0.0348 e. The zero-order valence-corrected chi connectivity index (χ0v) is 12.1. The average molecular weight is 270 g/mol. The normalized spacial score (nSPS) is 10.8. The maximum absolute atomic E-state index is 2.28. The highest BCUT2D eigenvalue weighted by Crippen LogP contribution is 2.32. The van der Waals surface area contributed by atoms with Gasteiger partial charge in [0.25, 0.3) is 0 Å². The highest BCUT2D eigenvalue weighted by molar-refractivity contribution is 7.15. The minimum Gasteiger partial charge on any atom is -0.144 e. The first-order chi connectivity index (χ1) is 8.74. The number of rotatable bonds is 2. The Labute approximate surface area is 116 Å². The van der Waals surface area contributed by atoms with Crippen LogP contribution in [0.3, 0.4) is 0 Å². The topological polar surface area (TPSA) is 0 Å². The fraction of sp³-hybridized carbons (Fsp3) is 0.125. The van der Waals surface area contributed by atoms with Gasteiger partial charge in [0.2, 0.25) is 0 Å². The summed E-state index contributed by atoms with van der Waals surface area (Å²) in [6.45, 7) is 4.36. The van der Waals surface area contributed by atoms with Gasteiger partial charge in [-0.15, -0.1) is 22.7 Å². The third-order valence-corrected chi connectivity index (χ3v) is 5.26. The zero-order valence-electron chi connectivity index (χ0n) is 10.4. The van der Waals surface area contributed by atoms with Gasteiger partial charge in [-0.1, -0.05) is 30.3 Å². The minimum absolute atomic E-state index is 1.30. The van der Waals surface area contributed by atoms with E-state index in [1.54, 1.807) is 11.3 Å². The van der Waals surface area contributed by atoms with Crippen LogP contribution in [-0.4, -0.2) is 0 Å². The van der Waals surface area contributed by atoms with E-state index in [2.05, 4.69) is 61.7 Å². The lowest BCUT2D eigenvalue weighted by Gasteiger charge is -2.00. The van der Waals surface area contributed by atoms with Crippen molar-refractivity contribution in [2.45, 2.75) is 13.8 Å². The van der Waals surface area contributed by atoms with Crippen molar-refractivity contribution >= 4 is 22.7 Å². The van der Waals surface area contributed by atoms with Gasteiger partial charge < -0.3 is 0 Å². The minimum atomic E-state index is 1.30. The van der Waals surface area contributed by atoms with Crippen molar-refractivity contribution in [1.82, 2.24) is 0 Å². The Balaban J connectivity index is 1.96. The van der Waals surface area contributed by atoms with Crippen LogP contribution in [0, 0.1) is 13.8 Å². The molecule has 0 amide bonds.